The summed E-state index contributed by atoms with van der Waals surface area (Å²) >= 11 is 1.33. The number of Topliss-reactive ketones (excluding diaryl/α,β-unsaturated/α-hetero) is 2. The topological polar surface area (TPSA) is 34.1 Å². The average Bonchev–Trinajstić information content (AvgIpc) is 2.98. The van der Waals surface area contributed by atoms with Crippen LogP contribution in [0.4, 0.5) is 13.2 Å². The number of alkyl halides is 3. The molecule has 0 spiro atoms. The molecular weight excluding hydrogens is 289 g/mol. The van der Waals surface area contributed by atoms with Crippen molar-refractivity contribution in [3.63, 3.8) is 0 Å². The molecule has 2 aromatic rings. The molecule has 6 heteroatoms. The zero-order valence-corrected chi connectivity index (χ0v) is 10.9. The maximum absolute atomic E-state index is 13.6. The van der Waals surface area contributed by atoms with E-state index in [9.17, 15) is 22.8 Å². The maximum atomic E-state index is 13.6. The number of thiophene rings is 1. The van der Waals surface area contributed by atoms with Crippen molar-refractivity contribution in [2.75, 3.05) is 0 Å². The summed E-state index contributed by atoms with van der Waals surface area (Å²) in [4.78, 5) is 23.5. The SMILES string of the molecule is O=C(c1ccccc1-c1cccs1)C(F)C(=O)C(F)F. The van der Waals surface area contributed by atoms with Crippen LogP contribution in [0.1, 0.15) is 10.4 Å². The Balaban J connectivity index is 2.39. The van der Waals surface area contributed by atoms with Crippen molar-refractivity contribution in [2.24, 2.45) is 0 Å². The first-order valence-corrected chi connectivity index (χ1v) is 6.53. The Morgan fingerprint density at radius 1 is 1.00 bits per heavy atom. The molecule has 0 radical (unpaired) electrons. The molecule has 2 nitrogen and oxygen atoms in total. The molecule has 104 valence electrons. The van der Waals surface area contributed by atoms with Gasteiger partial charge in [-0.3, -0.25) is 9.59 Å². The van der Waals surface area contributed by atoms with E-state index in [0.29, 0.717) is 10.4 Å². The smallest absolute Gasteiger partial charge is 0.290 e. The number of hydrogen-bond acceptors (Lipinski definition) is 3. The Hall–Kier alpha value is -1.95. The van der Waals surface area contributed by atoms with Gasteiger partial charge in [0.2, 0.25) is 17.7 Å². The molecule has 1 heterocycles. The molecule has 1 unspecified atom stereocenters. The van der Waals surface area contributed by atoms with E-state index >= 15 is 0 Å². The molecule has 0 saturated carbocycles. The van der Waals surface area contributed by atoms with E-state index < -0.39 is 24.2 Å². The summed E-state index contributed by atoms with van der Waals surface area (Å²) in [6.45, 7) is 0. The largest absolute Gasteiger partial charge is 0.299 e. The second-order valence-corrected chi connectivity index (χ2v) is 4.90. The molecule has 0 bridgehead atoms. The highest BCUT2D eigenvalue weighted by Crippen LogP contribution is 2.29. The fraction of sp³-hybridized carbons (Fsp3) is 0.143. The van der Waals surface area contributed by atoms with Gasteiger partial charge in [-0.2, -0.15) is 0 Å². The van der Waals surface area contributed by atoms with Gasteiger partial charge in [-0.1, -0.05) is 30.3 Å². The fourth-order valence-corrected chi connectivity index (χ4v) is 2.49. The van der Waals surface area contributed by atoms with Crippen LogP contribution in [-0.4, -0.2) is 24.2 Å². The predicted octanol–water partition coefficient (Wildman–Crippen LogP) is 3.77. The monoisotopic (exact) mass is 298 g/mol. The third-order valence-corrected chi connectivity index (χ3v) is 3.58. The first-order valence-electron chi connectivity index (χ1n) is 5.65. The number of hydrogen-bond donors (Lipinski definition) is 0. The average molecular weight is 298 g/mol. The predicted molar refractivity (Wildman–Crippen MR) is 70.0 cm³/mol. The van der Waals surface area contributed by atoms with Crippen molar-refractivity contribution >= 4 is 22.9 Å². The maximum Gasteiger partial charge on any atom is 0.299 e. The first-order chi connectivity index (χ1) is 9.52. The number of ketones is 2. The minimum atomic E-state index is -3.50. The molecule has 0 aliphatic heterocycles. The second kappa shape index (κ2) is 6.00. The van der Waals surface area contributed by atoms with Gasteiger partial charge in [0, 0.05) is 16.0 Å². The van der Waals surface area contributed by atoms with Crippen molar-refractivity contribution in [3.05, 3.63) is 47.3 Å². The minimum absolute atomic E-state index is 0.0727. The van der Waals surface area contributed by atoms with Crippen molar-refractivity contribution in [1.29, 1.82) is 0 Å². The highest BCUT2D eigenvalue weighted by Gasteiger charge is 2.34. The highest BCUT2D eigenvalue weighted by molar-refractivity contribution is 7.13. The van der Waals surface area contributed by atoms with E-state index in [-0.39, 0.29) is 5.56 Å². The standard InChI is InChI=1S/C14H9F3O2S/c15-11(13(19)14(16)17)12(18)9-5-2-1-4-8(9)10-6-3-7-20-10/h1-7,11,14H. The lowest BCUT2D eigenvalue weighted by molar-refractivity contribution is -0.132. The number of carbonyl (C=O) groups excluding carboxylic acids is 2. The zero-order valence-electron chi connectivity index (χ0n) is 10.1. The molecule has 0 N–H and O–H groups in total. The van der Waals surface area contributed by atoms with Crippen molar-refractivity contribution < 1.29 is 22.8 Å². The van der Waals surface area contributed by atoms with Crippen LogP contribution in [0.2, 0.25) is 0 Å². The van der Waals surface area contributed by atoms with Gasteiger partial charge in [-0.25, -0.2) is 13.2 Å². The van der Waals surface area contributed by atoms with Gasteiger partial charge in [0.25, 0.3) is 6.43 Å². The van der Waals surface area contributed by atoms with Gasteiger partial charge in [0.05, 0.1) is 0 Å². The summed E-state index contributed by atoms with van der Waals surface area (Å²) in [6, 6.07) is 9.51. The molecule has 0 amide bonds. The van der Waals surface area contributed by atoms with E-state index in [1.807, 2.05) is 0 Å². The Morgan fingerprint density at radius 3 is 2.30 bits per heavy atom. The molecule has 1 aromatic heterocycles. The summed E-state index contributed by atoms with van der Waals surface area (Å²) < 4.78 is 38.0. The Labute approximate surface area is 116 Å². The molecule has 2 rings (SSSR count). The van der Waals surface area contributed by atoms with Crippen LogP contribution < -0.4 is 0 Å². The van der Waals surface area contributed by atoms with Crippen LogP contribution in [0.25, 0.3) is 10.4 Å². The Morgan fingerprint density at radius 2 is 1.70 bits per heavy atom. The van der Waals surface area contributed by atoms with Crippen LogP contribution in [0.5, 0.6) is 0 Å². The van der Waals surface area contributed by atoms with Crippen molar-refractivity contribution in [3.8, 4) is 10.4 Å². The lowest BCUT2D eigenvalue weighted by Gasteiger charge is -2.09. The third kappa shape index (κ3) is 2.80. The van der Waals surface area contributed by atoms with Gasteiger partial charge in [-0.05, 0) is 11.4 Å². The van der Waals surface area contributed by atoms with E-state index in [4.69, 9.17) is 0 Å². The van der Waals surface area contributed by atoms with E-state index in [1.165, 1.54) is 23.5 Å². The molecule has 0 saturated heterocycles. The lowest BCUT2D eigenvalue weighted by Crippen LogP contribution is -2.31. The van der Waals surface area contributed by atoms with Crippen LogP contribution in [0.15, 0.2) is 41.8 Å². The lowest BCUT2D eigenvalue weighted by atomic mass is 9.98. The quantitative estimate of drug-likeness (QED) is 0.622. The summed E-state index contributed by atoms with van der Waals surface area (Å²) in [5.41, 5.74) is 0.355. The van der Waals surface area contributed by atoms with Crippen molar-refractivity contribution in [2.45, 2.75) is 12.6 Å². The van der Waals surface area contributed by atoms with Gasteiger partial charge in [0.15, 0.2) is 0 Å². The summed E-state index contributed by atoms with van der Waals surface area (Å²) in [6.07, 6.45) is -6.33. The first kappa shape index (κ1) is 14.5. The molecule has 0 aliphatic rings. The normalized spacial score (nSPS) is 12.4. The summed E-state index contributed by atoms with van der Waals surface area (Å²) in [5, 5.41) is 1.77. The Bertz CT molecular complexity index is 623. The number of halogens is 3. The second-order valence-electron chi connectivity index (χ2n) is 3.95. The molecule has 0 aliphatic carbocycles. The van der Waals surface area contributed by atoms with Gasteiger partial charge < -0.3 is 0 Å². The van der Waals surface area contributed by atoms with Gasteiger partial charge in [0.1, 0.15) is 0 Å². The van der Waals surface area contributed by atoms with Gasteiger partial charge in [-0.15, -0.1) is 11.3 Å². The third-order valence-electron chi connectivity index (χ3n) is 2.67. The fourth-order valence-electron chi connectivity index (χ4n) is 1.72. The minimum Gasteiger partial charge on any atom is -0.290 e. The van der Waals surface area contributed by atoms with Crippen molar-refractivity contribution in [1.82, 2.24) is 0 Å². The molecule has 0 fully saturated rings. The zero-order chi connectivity index (χ0) is 14.7. The van der Waals surface area contributed by atoms with E-state index in [0.717, 1.165) is 0 Å². The molecular formula is C14H9F3O2S. The van der Waals surface area contributed by atoms with Crippen LogP contribution >= 0.6 is 11.3 Å². The molecule has 1 atom stereocenters. The number of benzene rings is 1. The van der Waals surface area contributed by atoms with Crippen LogP contribution in [0.3, 0.4) is 0 Å². The van der Waals surface area contributed by atoms with E-state index in [2.05, 4.69) is 0 Å². The summed E-state index contributed by atoms with van der Waals surface area (Å²) in [5.74, 6) is -3.24. The summed E-state index contributed by atoms with van der Waals surface area (Å²) in [7, 11) is 0. The van der Waals surface area contributed by atoms with E-state index in [1.54, 1.807) is 29.6 Å². The molecule has 1 aromatic carbocycles. The van der Waals surface area contributed by atoms with Crippen LogP contribution in [0, 0.1) is 0 Å². The molecule has 20 heavy (non-hydrogen) atoms. The Kier molecular flexibility index (Phi) is 4.34. The highest BCUT2D eigenvalue weighted by atomic mass is 32.1. The number of rotatable bonds is 5. The van der Waals surface area contributed by atoms with Crippen LogP contribution in [-0.2, 0) is 4.79 Å². The number of carbonyl (C=O) groups is 2. The van der Waals surface area contributed by atoms with Gasteiger partial charge >= 0.3 is 0 Å².